The van der Waals surface area contributed by atoms with Crippen molar-refractivity contribution >= 4 is 19.1 Å². The van der Waals surface area contributed by atoms with E-state index in [2.05, 4.69) is 32.8 Å². The van der Waals surface area contributed by atoms with E-state index in [9.17, 15) is 4.79 Å². The van der Waals surface area contributed by atoms with Crippen LogP contribution in [0.2, 0.25) is 0 Å². The van der Waals surface area contributed by atoms with Crippen LogP contribution in [0.1, 0.15) is 11.1 Å². The Bertz CT molecular complexity index is 707. The smallest absolute Gasteiger partial charge is 0.252 e. The number of piperazine rings is 1. The van der Waals surface area contributed by atoms with E-state index in [-0.39, 0.29) is 5.56 Å². The standard InChI is InChI=1S/C16H19BN4O/c1-12-13(3-2-4-14(12)17)10-20-5-7-21(8-6-20)15-9-16(22)19-11-18-15/h2-4,9,11H,5-8,10H2,1H3,(H,18,19,22). The molecule has 6 heteroatoms. The average Bonchev–Trinajstić information content (AvgIpc) is 2.53. The molecule has 1 fully saturated rings. The summed E-state index contributed by atoms with van der Waals surface area (Å²) < 4.78 is 0. The Morgan fingerprint density at radius 3 is 2.77 bits per heavy atom. The van der Waals surface area contributed by atoms with Crippen LogP contribution in [0, 0.1) is 6.92 Å². The molecule has 0 unspecified atom stereocenters. The Morgan fingerprint density at radius 1 is 1.27 bits per heavy atom. The molecule has 0 bridgehead atoms. The van der Waals surface area contributed by atoms with Crippen LogP contribution >= 0.6 is 0 Å². The molecule has 5 nitrogen and oxygen atoms in total. The van der Waals surface area contributed by atoms with Crippen molar-refractivity contribution in [2.75, 3.05) is 31.1 Å². The third-order valence-electron chi connectivity index (χ3n) is 4.24. The van der Waals surface area contributed by atoms with Gasteiger partial charge in [0, 0.05) is 38.8 Å². The van der Waals surface area contributed by atoms with Gasteiger partial charge < -0.3 is 9.88 Å². The molecule has 22 heavy (non-hydrogen) atoms. The third-order valence-corrected chi connectivity index (χ3v) is 4.24. The summed E-state index contributed by atoms with van der Waals surface area (Å²) in [6, 6.07) is 7.64. The van der Waals surface area contributed by atoms with Gasteiger partial charge in [0.15, 0.2) is 0 Å². The molecule has 0 saturated carbocycles. The van der Waals surface area contributed by atoms with Crippen molar-refractivity contribution < 1.29 is 0 Å². The summed E-state index contributed by atoms with van der Waals surface area (Å²) in [5.41, 5.74) is 3.19. The van der Waals surface area contributed by atoms with E-state index in [0.29, 0.717) is 0 Å². The molecule has 2 heterocycles. The molecule has 3 rings (SSSR count). The fraction of sp³-hybridized carbons (Fsp3) is 0.375. The molecule has 1 aromatic carbocycles. The predicted octanol–water partition coefficient (Wildman–Crippen LogP) is 0.194. The van der Waals surface area contributed by atoms with Crippen LogP contribution in [0.3, 0.4) is 0 Å². The first kappa shape index (κ1) is 14.8. The fourth-order valence-electron chi connectivity index (χ4n) is 2.78. The molecule has 2 aromatic rings. The summed E-state index contributed by atoms with van der Waals surface area (Å²) in [6.45, 7) is 6.62. The Balaban J connectivity index is 1.62. The second-order valence-corrected chi connectivity index (χ2v) is 5.66. The largest absolute Gasteiger partial charge is 0.354 e. The molecule has 1 N–H and O–H groups in total. The van der Waals surface area contributed by atoms with Gasteiger partial charge in [-0.25, -0.2) is 4.98 Å². The van der Waals surface area contributed by atoms with Crippen LogP contribution in [-0.4, -0.2) is 48.9 Å². The van der Waals surface area contributed by atoms with Crippen molar-refractivity contribution in [3.63, 3.8) is 0 Å². The molecule has 1 saturated heterocycles. The van der Waals surface area contributed by atoms with Gasteiger partial charge in [0.25, 0.3) is 5.56 Å². The van der Waals surface area contributed by atoms with Gasteiger partial charge in [-0.15, -0.1) is 0 Å². The van der Waals surface area contributed by atoms with Gasteiger partial charge in [0.2, 0.25) is 0 Å². The van der Waals surface area contributed by atoms with Gasteiger partial charge in [-0.3, -0.25) is 9.69 Å². The molecule has 2 radical (unpaired) electrons. The molecular weight excluding hydrogens is 275 g/mol. The lowest BCUT2D eigenvalue weighted by Gasteiger charge is -2.35. The summed E-state index contributed by atoms with van der Waals surface area (Å²) in [5.74, 6) is 0.753. The average molecular weight is 294 g/mol. The van der Waals surface area contributed by atoms with E-state index < -0.39 is 0 Å². The van der Waals surface area contributed by atoms with Crippen molar-refractivity contribution in [3.8, 4) is 0 Å². The Hall–Kier alpha value is -2.08. The second-order valence-electron chi connectivity index (χ2n) is 5.66. The highest BCUT2D eigenvalue weighted by atomic mass is 16.1. The van der Waals surface area contributed by atoms with E-state index in [1.165, 1.54) is 17.5 Å². The zero-order valence-corrected chi connectivity index (χ0v) is 12.7. The predicted molar refractivity (Wildman–Crippen MR) is 88.9 cm³/mol. The summed E-state index contributed by atoms with van der Waals surface area (Å²) in [7, 11) is 5.97. The number of rotatable bonds is 3. The third kappa shape index (κ3) is 3.22. The van der Waals surface area contributed by atoms with Crippen molar-refractivity contribution in [3.05, 3.63) is 52.1 Å². The lowest BCUT2D eigenvalue weighted by atomic mass is 9.88. The molecule has 1 aromatic heterocycles. The number of H-pyrrole nitrogens is 1. The Kier molecular flexibility index (Phi) is 4.29. The van der Waals surface area contributed by atoms with E-state index >= 15 is 0 Å². The topological polar surface area (TPSA) is 52.2 Å². The first-order valence-electron chi connectivity index (χ1n) is 7.49. The number of aromatic nitrogens is 2. The molecule has 0 atom stereocenters. The number of hydrogen-bond acceptors (Lipinski definition) is 4. The van der Waals surface area contributed by atoms with Gasteiger partial charge >= 0.3 is 0 Å². The maximum absolute atomic E-state index is 11.4. The van der Waals surface area contributed by atoms with E-state index in [1.54, 1.807) is 6.07 Å². The zero-order chi connectivity index (χ0) is 15.5. The van der Waals surface area contributed by atoms with Crippen LogP contribution in [0.15, 0.2) is 35.4 Å². The minimum Gasteiger partial charge on any atom is -0.354 e. The summed E-state index contributed by atoms with van der Waals surface area (Å²) >= 11 is 0. The Morgan fingerprint density at radius 2 is 2.05 bits per heavy atom. The highest BCUT2D eigenvalue weighted by Gasteiger charge is 2.18. The lowest BCUT2D eigenvalue weighted by Crippen LogP contribution is -2.46. The number of hydrogen-bond donors (Lipinski definition) is 1. The van der Waals surface area contributed by atoms with Gasteiger partial charge in [-0.1, -0.05) is 29.2 Å². The monoisotopic (exact) mass is 294 g/mol. The van der Waals surface area contributed by atoms with Crippen molar-refractivity contribution in [1.29, 1.82) is 0 Å². The number of nitrogens with one attached hydrogen (secondary N) is 1. The van der Waals surface area contributed by atoms with Crippen molar-refractivity contribution in [2.24, 2.45) is 0 Å². The second kappa shape index (κ2) is 6.36. The number of nitrogens with zero attached hydrogens (tertiary/aromatic N) is 3. The summed E-state index contributed by atoms with van der Waals surface area (Å²) in [6.07, 6.45) is 1.46. The van der Waals surface area contributed by atoms with Crippen LogP contribution in [0.4, 0.5) is 5.82 Å². The lowest BCUT2D eigenvalue weighted by molar-refractivity contribution is 0.249. The minimum absolute atomic E-state index is 0.109. The normalized spacial score (nSPS) is 16.0. The van der Waals surface area contributed by atoms with Gasteiger partial charge in [0.1, 0.15) is 13.7 Å². The fourth-order valence-corrected chi connectivity index (χ4v) is 2.78. The molecule has 1 aliphatic heterocycles. The van der Waals surface area contributed by atoms with E-state index in [1.807, 2.05) is 12.1 Å². The van der Waals surface area contributed by atoms with Crippen LogP contribution < -0.4 is 15.9 Å². The van der Waals surface area contributed by atoms with Crippen LogP contribution in [-0.2, 0) is 6.54 Å². The van der Waals surface area contributed by atoms with Gasteiger partial charge in [0.05, 0.1) is 6.33 Å². The summed E-state index contributed by atoms with van der Waals surface area (Å²) in [4.78, 5) is 22.7. The van der Waals surface area contributed by atoms with Crippen LogP contribution in [0.25, 0.3) is 0 Å². The van der Waals surface area contributed by atoms with Crippen molar-refractivity contribution in [2.45, 2.75) is 13.5 Å². The SMILES string of the molecule is [B]c1cccc(CN2CCN(c3cc(=O)[nH]cn3)CC2)c1C. The molecule has 0 amide bonds. The Labute approximate surface area is 131 Å². The quantitative estimate of drug-likeness (QED) is 0.821. The number of aromatic amines is 1. The molecule has 0 spiro atoms. The van der Waals surface area contributed by atoms with Crippen molar-refractivity contribution in [1.82, 2.24) is 14.9 Å². The first-order valence-corrected chi connectivity index (χ1v) is 7.49. The summed E-state index contributed by atoms with van der Waals surface area (Å²) in [5, 5.41) is 0. The molecule has 0 aliphatic carbocycles. The highest BCUT2D eigenvalue weighted by molar-refractivity contribution is 6.33. The molecule has 112 valence electrons. The van der Waals surface area contributed by atoms with Gasteiger partial charge in [-0.05, 0) is 12.5 Å². The zero-order valence-electron chi connectivity index (χ0n) is 12.7. The number of benzene rings is 1. The maximum atomic E-state index is 11.4. The van der Waals surface area contributed by atoms with E-state index in [4.69, 9.17) is 7.85 Å². The first-order chi connectivity index (χ1) is 10.6. The molecular formula is C16H19BN4O. The van der Waals surface area contributed by atoms with Crippen LogP contribution in [0.5, 0.6) is 0 Å². The highest BCUT2D eigenvalue weighted by Crippen LogP contribution is 2.14. The molecule has 1 aliphatic rings. The van der Waals surface area contributed by atoms with Gasteiger partial charge in [-0.2, -0.15) is 0 Å². The number of anilines is 1. The van der Waals surface area contributed by atoms with E-state index in [0.717, 1.165) is 44.0 Å². The minimum atomic E-state index is -0.109. The maximum Gasteiger partial charge on any atom is 0.252 e.